The molecule has 194 valence electrons. The van der Waals surface area contributed by atoms with Crippen LogP contribution in [0.1, 0.15) is 12.0 Å². The summed E-state index contributed by atoms with van der Waals surface area (Å²) < 4.78 is 71.4. The van der Waals surface area contributed by atoms with Gasteiger partial charge in [0.25, 0.3) is 17.0 Å². The number of amides is 2. The first-order valence-electron chi connectivity index (χ1n) is 10.7. The molecule has 10 nitrogen and oxygen atoms in total. The maximum absolute atomic E-state index is 15.1. The summed E-state index contributed by atoms with van der Waals surface area (Å²) >= 11 is 0. The van der Waals surface area contributed by atoms with Gasteiger partial charge in [0.2, 0.25) is 0 Å². The zero-order valence-electron chi connectivity index (χ0n) is 19.4. The molecule has 0 radical (unpaired) electrons. The number of fused-ring (bicyclic) bond motifs is 1. The quantitative estimate of drug-likeness (QED) is 0.521. The van der Waals surface area contributed by atoms with Gasteiger partial charge in [-0.1, -0.05) is 0 Å². The van der Waals surface area contributed by atoms with Crippen molar-refractivity contribution in [1.29, 1.82) is 0 Å². The smallest absolute Gasteiger partial charge is 0.364 e. The Morgan fingerprint density at radius 2 is 1.92 bits per heavy atom. The minimum Gasteiger partial charge on any atom is -0.364 e. The number of halogens is 5. The second kappa shape index (κ2) is 8.64. The highest BCUT2D eigenvalue weighted by Gasteiger charge is 2.48. The van der Waals surface area contributed by atoms with E-state index in [0.717, 1.165) is 14.1 Å². The second-order valence-corrected chi connectivity index (χ2v) is 8.65. The minimum absolute atomic E-state index is 0.0845. The van der Waals surface area contributed by atoms with Crippen LogP contribution in [0.25, 0.3) is 11.0 Å². The molecule has 0 saturated carbocycles. The maximum atomic E-state index is 15.1. The highest BCUT2D eigenvalue weighted by molar-refractivity contribution is 5.89. The first kappa shape index (κ1) is 25.2. The van der Waals surface area contributed by atoms with Gasteiger partial charge in [-0.2, -0.15) is 13.2 Å². The summed E-state index contributed by atoms with van der Waals surface area (Å²) in [7, 11) is 3.66. The number of aromatic nitrogens is 4. The van der Waals surface area contributed by atoms with Gasteiger partial charge in [-0.15, -0.1) is 0 Å². The van der Waals surface area contributed by atoms with E-state index in [1.54, 1.807) is 0 Å². The van der Waals surface area contributed by atoms with Crippen molar-refractivity contribution >= 4 is 28.4 Å². The fourth-order valence-electron chi connectivity index (χ4n) is 4.20. The lowest BCUT2D eigenvalue weighted by Crippen LogP contribution is -2.59. The number of urea groups is 1. The van der Waals surface area contributed by atoms with Crippen LogP contribution in [0.15, 0.2) is 34.1 Å². The molecule has 0 aliphatic carbocycles. The number of hydrogen-bond donors (Lipinski definition) is 2. The van der Waals surface area contributed by atoms with Gasteiger partial charge in [-0.05, 0) is 18.6 Å². The monoisotopic (exact) mass is 515 g/mol. The number of aromatic amines is 1. The molecule has 0 bridgehead atoms. The molecule has 1 atom stereocenters. The first-order chi connectivity index (χ1) is 16.7. The fourth-order valence-corrected chi connectivity index (χ4v) is 4.20. The summed E-state index contributed by atoms with van der Waals surface area (Å²) in [6.45, 7) is -0.709. The first-order valence-corrected chi connectivity index (χ1v) is 10.7. The summed E-state index contributed by atoms with van der Waals surface area (Å²) in [6, 6.07) is -0.829. The van der Waals surface area contributed by atoms with Gasteiger partial charge in [-0.3, -0.25) is 19.4 Å². The zero-order valence-corrected chi connectivity index (χ0v) is 19.4. The summed E-state index contributed by atoms with van der Waals surface area (Å²) in [5.41, 5.74) is -2.54. The number of carbonyl (C=O) groups excluding carboxylic acids is 1. The van der Waals surface area contributed by atoms with Crippen molar-refractivity contribution in [2.75, 3.05) is 30.4 Å². The summed E-state index contributed by atoms with van der Waals surface area (Å²) in [5, 5.41) is 5.00. The normalized spacial score (nSPS) is 17.9. The number of pyridine rings is 2. The number of anilines is 2. The van der Waals surface area contributed by atoms with Crippen molar-refractivity contribution in [2.45, 2.75) is 24.6 Å². The molecule has 15 heteroatoms. The Morgan fingerprint density at radius 3 is 2.56 bits per heavy atom. The number of H-pyrrole nitrogens is 1. The summed E-state index contributed by atoms with van der Waals surface area (Å²) in [4.78, 5) is 43.1. The molecule has 1 fully saturated rings. The van der Waals surface area contributed by atoms with Crippen LogP contribution in [-0.4, -0.2) is 62.4 Å². The molecule has 0 spiro atoms. The van der Waals surface area contributed by atoms with E-state index in [1.165, 1.54) is 28.9 Å². The van der Waals surface area contributed by atoms with Gasteiger partial charge in [0.15, 0.2) is 5.65 Å². The van der Waals surface area contributed by atoms with E-state index in [1.807, 2.05) is 5.32 Å². The number of aryl methyl sites for hydroxylation is 2. The van der Waals surface area contributed by atoms with Crippen LogP contribution in [0, 0.1) is 0 Å². The van der Waals surface area contributed by atoms with Crippen LogP contribution in [0.4, 0.5) is 38.1 Å². The van der Waals surface area contributed by atoms with Gasteiger partial charge in [0.05, 0.1) is 29.4 Å². The van der Waals surface area contributed by atoms with E-state index in [9.17, 15) is 27.6 Å². The molecule has 4 rings (SSSR count). The van der Waals surface area contributed by atoms with Crippen molar-refractivity contribution in [3.8, 4) is 0 Å². The lowest BCUT2D eigenvalue weighted by molar-refractivity contribution is -0.138. The Bertz CT molecular complexity index is 1440. The zero-order chi connectivity index (χ0) is 26.6. The SMILES string of the molecule is CN(C(=O)Nc1cc(C(F)(F)F)cn(C)c1=O)C1CCN(c2cnc3[nH]n(C)c(=O)c3c2)CC1(F)F. The topological polar surface area (TPSA) is 108 Å². The number of nitrogens with one attached hydrogen (secondary N) is 2. The molecule has 4 heterocycles. The Labute approximate surface area is 199 Å². The molecule has 2 N–H and O–H groups in total. The average Bonchev–Trinajstić information content (AvgIpc) is 3.07. The minimum atomic E-state index is -4.78. The van der Waals surface area contributed by atoms with Crippen LogP contribution in [0.3, 0.4) is 0 Å². The van der Waals surface area contributed by atoms with Gasteiger partial charge in [-0.25, -0.2) is 18.6 Å². The second-order valence-electron chi connectivity index (χ2n) is 8.65. The molecule has 3 aromatic rings. The third-order valence-electron chi connectivity index (χ3n) is 6.15. The molecule has 0 aromatic carbocycles. The van der Waals surface area contributed by atoms with Crippen molar-refractivity contribution < 1.29 is 26.7 Å². The third kappa shape index (κ3) is 4.52. The fraction of sp³-hybridized carbons (Fsp3) is 0.429. The lowest BCUT2D eigenvalue weighted by Gasteiger charge is -2.42. The largest absolute Gasteiger partial charge is 0.417 e. The number of rotatable bonds is 3. The van der Waals surface area contributed by atoms with Crippen LogP contribution in [0.5, 0.6) is 0 Å². The van der Waals surface area contributed by atoms with E-state index < -0.39 is 47.5 Å². The van der Waals surface area contributed by atoms with Gasteiger partial charge >= 0.3 is 12.2 Å². The molecular formula is C21H22F5N7O3. The maximum Gasteiger partial charge on any atom is 0.417 e. The molecule has 1 unspecified atom stereocenters. The van der Waals surface area contributed by atoms with Crippen molar-refractivity contribution in [3.05, 3.63) is 50.8 Å². The molecule has 3 aromatic heterocycles. The Balaban J connectivity index is 1.52. The number of hydrogen-bond acceptors (Lipinski definition) is 5. The number of carbonyl (C=O) groups is 1. The van der Waals surface area contributed by atoms with Crippen molar-refractivity contribution in [3.63, 3.8) is 0 Å². The van der Waals surface area contributed by atoms with Gasteiger partial charge in [0.1, 0.15) is 11.7 Å². The Kier molecular flexibility index (Phi) is 6.04. The number of alkyl halides is 5. The van der Waals surface area contributed by atoms with Gasteiger partial charge in [0, 0.05) is 33.9 Å². The summed E-state index contributed by atoms with van der Waals surface area (Å²) in [6.07, 6.45) is -3.05. The molecular weight excluding hydrogens is 493 g/mol. The average molecular weight is 515 g/mol. The molecule has 1 aliphatic heterocycles. The van der Waals surface area contributed by atoms with E-state index in [4.69, 9.17) is 0 Å². The van der Waals surface area contributed by atoms with Crippen LogP contribution < -0.4 is 21.3 Å². The van der Waals surface area contributed by atoms with Crippen LogP contribution in [-0.2, 0) is 20.3 Å². The van der Waals surface area contributed by atoms with E-state index in [2.05, 4.69) is 10.1 Å². The standard InChI is InChI=1S/C21H22F5N7O3/c1-30-9-11(21(24,25)26)6-14(18(30)35)28-19(36)31(2)15-4-5-33(10-20(15,22)23)12-7-13-16(27-8-12)29-32(3)17(13)34/h6-9,15H,4-5,10H2,1-3H3,(H,27,29)(H,28,36). The molecule has 1 aliphatic rings. The Hall–Kier alpha value is -3.91. The molecule has 1 saturated heterocycles. The third-order valence-corrected chi connectivity index (χ3v) is 6.15. The lowest BCUT2D eigenvalue weighted by atomic mass is 9.99. The number of nitrogens with zero attached hydrogens (tertiary/aromatic N) is 5. The Morgan fingerprint density at radius 1 is 1.22 bits per heavy atom. The van der Waals surface area contributed by atoms with E-state index in [0.29, 0.717) is 33.1 Å². The van der Waals surface area contributed by atoms with Crippen LogP contribution >= 0.6 is 0 Å². The van der Waals surface area contributed by atoms with E-state index in [-0.39, 0.29) is 23.9 Å². The summed E-state index contributed by atoms with van der Waals surface area (Å²) in [5.74, 6) is -3.43. The number of piperidine rings is 1. The highest BCUT2D eigenvalue weighted by Crippen LogP contribution is 2.34. The van der Waals surface area contributed by atoms with E-state index >= 15 is 8.78 Å². The van der Waals surface area contributed by atoms with Gasteiger partial charge < -0.3 is 19.7 Å². The van der Waals surface area contributed by atoms with Crippen molar-refractivity contribution in [1.82, 2.24) is 24.2 Å². The predicted molar refractivity (Wildman–Crippen MR) is 120 cm³/mol. The molecule has 2 amide bonds. The molecule has 36 heavy (non-hydrogen) atoms. The van der Waals surface area contributed by atoms with Crippen LogP contribution in [0.2, 0.25) is 0 Å². The predicted octanol–water partition coefficient (Wildman–Crippen LogP) is 2.36. The highest BCUT2D eigenvalue weighted by atomic mass is 19.4. The van der Waals surface area contributed by atoms with Crippen molar-refractivity contribution in [2.24, 2.45) is 14.1 Å².